The van der Waals surface area contributed by atoms with Crippen LogP contribution in [0.25, 0.3) is 0 Å². The Morgan fingerprint density at radius 2 is 1.82 bits per heavy atom. The summed E-state index contributed by atoms with van der Waals surface area (Å²) in [5.41, 5.74) is 0. The number of carbonyl (C=O) groups excluding carboxylic acids is 2. The van der Waals surface area contributed by atoms with Crippen LogP contribution in [-0.2, 0) is 28.5 Å². The van der Waals surface area contributed by atoms with Crippen LogP contribution in [0.2, 0.25) is 0 Å². The second-order valence-electron chi connectivity index (χ2n) is 5.49. The maximum atomic E-state index is 11.7. The maximum absolute atomic E-state index is 11.7. The van der Waals surface area contributed by atoms with Crippen molar-refractivity contribution in [2.75, 3.05) is 33.9 Å². The van der Waals surface area contributed by atoms with Gasteiger partial charge in [0.05, 0.1) is 13.2 Å². The maximum Gasteiger partial charge on any atom is 0.309 e. The van der Waals surface area contributed by atoms with Crippen LogP contribution in [0.3, 0.4) is 0 Å². The number of amides is 2. The Morgan fingerprint density at radius 1 is 1.18 bits per heavy atom. The van der Waals surface area contributed by atoms with Gasteiger partial charge in [-0.15, -0.1) is 0 Å². The summed E-state index contributed by atoms with van der Waals surface area (Å²) in [6.45, 7) is 0.800. The lowest BCUT2D eigenvalue weighted by Crippen LogP contribution is -2.45. The summed E-state index contributed by atoms with van der Waals surface area (Å²) in [5, 5.41) is 4.99. The van der Waals surface area contributed by atoms with Gasteiger partial charge in [-0.3, -0.25) is 9.59 Å². The monoisotopic (exact) mass is 316 g/mol. The lowest BCUT2D eigenvalue weighted by Gasteiger charge is -2.21. The van der Waals surface area contributed by atoms with Crippen LogP contribution in [0.15, 0.2) is 0 Å². The van der Waals surface area contributed by atoms with Crippen molar-refractivity contribution >= 4 is 11.8 Å². The van der Waals surface area contributed by atoms with Crippen molar-refractivity contribution in [3.8, 4) is 0 Å². The van der Waals surface area contributed by atoms with Gasteiger partial charge in [0.15, 0.2) is 12.1 Å². The van der Waals surface area contributed by atoms with E-state index in [2.05, 4.69) is 10.6 Å². The number of carbonyl (C=O) groups is 2. The Labute approximate surface area is 129 Å². The molecule has 2 N–H and O–H groups in total. The van der Waals surface area contributed by atoms with E-state index in [1.807, 2.05) is 0 Å². The van der Waals surface area contributed by atoms with Gasteiger partial charge in [-0.1, -0.05) is 0 Å². The highest BCUT2D eigenvalue weighted by molar-refractivity contribution is 6.35. The van der Waals surface area contributed by atoms with E-state index >= 15 is 0 Å². The van der Waals surface area contributed by atoms with Crippen LogP contribution in [0, 0.1) is 0 Å². The summed E-state index contributed by atoms with van der Waals surface area (Å²) in [6.07, 6.45) is 3.20. The van der Waals surface area contributed by atoms with Gasteiger partial charge < -0.3 is 29.6 Å². The fourth-order valence-corrected chi connectivity index (χ4v) is 2.70. The van der Waals surface area contributed by atoms with Crippen LogP contribution in [0.1, 0.15) is 25.7 Å². The summed E-state index contributed by atoms with van der Waals surface area (Å²) in [7, 11) is 2.91. The van der Waals surface area contributed by atoms with E-state index in [-0.39, 0.29) is 19.2 Å². The molecule has 0 aromatic heterocycles. The van der Waals surface area contributed by atoms with Crippen molar-refractivity contribution < 1.29 is 28.5 Å². The van der Waals surface area contributed by atoms with E-state index in [1.165, 1.54) is 14.2 Å². The molecule has 8 heteroatoms. The molecule has 1 atom stereocenters. The molecule has 1 spiro atoms. The van der Waals surface area contributed by atoms with Crippen molar-refractivity contribution in [3.63, 3.8) is 0 Å². The third-order valence-electron chi connectivity index (χ3n) is 3.93. The van der Waals surface area contributed by atoms with E-state index in [0.717, 1.165) is 25.7 Å². The lowest BCUT2D eigenvalue weighted by molar-refractivity contribution is -0.161. The van der Waals surface area contributed by atoms with Crippen molar-refractivity contribution in [2.45, 2.75) is 43.9 Å². The molecule has 8 nitrogen and oxygen atoms in total. The van der Waals surface area contributed by atoms with Crippen LogP contribution in [0.4, 0.5) is 0 Å². The SMILES string of the molecule is COC(CNC(=O)C(=O)NC[C@H]1COC2(CCCC2)O1)OC. The smallest absolute Gasteiger partial charge is 0.309 e. The average molecular weight is 316 g/mol. The van der Waals surface area contributed by atoms with Gasteiger partial charge in [-0.25, -0.2) is 0 Å². The molecule has 2 aliphatic rings. The van der Waals surface area contributed by atoms with Gasteiger partial charge in [-0.2, -0.15) is 0 Å². The van der Waals surface area contributed by atoms with Crippen LogP contribution in [-0.4, -0.2) is 63.9 Å². The fourth-order valence-electron chi connectivity index (χ4n) is 2.70. The number of hydrogen-bond acceptors (Lipinski definition) is 6. The first-order valence-electron chi connectivity index (χ1n) is 7.52. The molecule has 22 heavy (non-hydrogen) atoms. The predicted octanol–water partition coefficient (Wildman–Crippen LogP) is -0.477. The second kappa shape index (κ2) is 7.87. The van der Waals surface area contributed by atoms with Crippen molar-refractivity contribution in [2.24, 2.45) is 0 Å². The van der Waals surface area contributed by atoms with Gasteiger partial charge in [0.25, 0.3) is 0 Å². The van der Waals surface area contributed by atoms with E-state index in [0.29, 0.717) is 6.61 Å². The normalized spacial score (nSPS) is 23.1. The second-order valence-corrected chi connectivity index (χ2v) is 5.49. The molecular formula is C14H24N2O6. The third kappa shape index (κ3) is 4.39. The highest BCUT2D eigenvalue weighted by Crippen LogP contribution is 2.38. The van der Waals surface area contributed by atoms with Gasteiger partial charge in [0.2, 0.25) is 0 Å². The molecule has 126 valence electrons. The summed E-state index contributed by atoms with van der Waals surface area (Å²) >= 11 is 0. The van der Waals surface area contributed by atoms with E-state index < -0.39 is 23.9 Å². The number of nitrogens with one attached hydrogen (secondary N) is 2. The zero-order valence-electron chi connectivity index (χ0n) is 13.1. The Kier molecular flexibility index (Phi) is 6.13. The quantitative estimate of drug-likeness (QED) is 0.508. The molecule has 0 radical (unpaired) electrons. The Hall–Kier alpha value is -1.22. The Morgan fingerprint density at radius 3 is 2.45 bits per heavy atom. The minimum Gasteiger partial charge on any atom is -0.354 e. The standard InChI is InChI=1S/C14H24N2O6/c1-19-11(20-2)8-16-13(18)12(17)15-7-10-9-21-14(22-10)5-3-4-6-14/h10-11H,3-9H2,1-2H3,(H,15,17)(H,16,18)/t10-/m0/s1. The number of rotatable bonds is 6. The number of methoxy groups -OCH3 is 2. The molecule has 0 bridgehead atoms. The van der Waals surface area contributed by atoms with Crippen molar-refractivity contribution in [1.29, 1.82) is 0 Å². The zero-order valence-corrected chi connectivity index (χ0v) is 13.1. The zero-order chi connectivity index (χ0) is 16.0. The summed E-state index contributed by atoms with van der Waals surface area (Å²) < 4.78 is 21.4. The van der Waals surface area contributed by atoms with Gasteiger partial charge in [-0.05, 0) is 12.8 Å². The first-order chi connectivity index (χ1) is 10.6. The molecule has 2 amide bonds. The molecule has 1 aliphatic heterocycles. The molecular weight excluding hydrogens is 292 g/mol. The molecule has 2 fully saturated rings. The average Bonchev–Trinajstić information content (AvgIpc) is 3.16. The summed E-state index contributed by atoms with van der Waals surface area (Å²) in [4.78, 5) is 23.3. The molecule has 0 aromatic carbocycles. The van der Waals surface area contributed by atoms with Crippen molar-refractivity contribution in [3.05, 3.63) is 0 Å². The Balaban J connectivity index is 1.66. The molecule has 2 rings (SSSR count). The largest absolute Gasteiger partial charge is 0.354 e. The summed E-state index contributed by atoms with van der Waals surface area (Å²) in [6, 6.07) is 0. The van der Waals surface area contributed by atoms with E-state index in [9.17, 15) is 9.59 Å². The summed E-state index contributed by atoms with van der Waals surface area (Å²) in [5.74, 6) is -1.89. The highest BCUT2D eigenvalue weighted by Gasteiger charge is 2.43. The molecule has 0 aromatic rings. The highest BCUT2D eigenvalue weighted by atomic mass is 16.7. The Bertz CT molecular complexity index is 393. The molecule has 1 aliphatic carbocycles. The molecule has 1 saturated heterocycles. The molecule has 1 heterocycles. The molecule has 1 saturated carbocycles. The van der Waals surface area contributed by atoms with Crippen LogP contribution >= 0.6 is 0 Å². The molecule has 0 unspecified atom stereocenters. The minimum absolute atomic E-state index is 0.103. The van der Waals surface area contributed by atoms with Gasteiger partial charge in [0, 0.05) is 33.6 Å². The van der Waals surface area contributed by atoms with Crippen molar-refractivity contribution in [1.82, 2.24) is 10.6 Å². The van der Waals surface area contributed by atoms with Crippen LogP contribution in [0.5, 0.6) is 0 Å². The topological polar surface area (TPSA) is 95.1 Å². The number of ether oxygens (including phenoxy) is 4. The van der Waals surface area contributed by atoms with Gasteiger partial charge >= 0.3 is 11.8 Å². The predicted molar refractivity (Wildman–Crippen MR) is 75.8 cm³/mol. The lowest BCUT2D eigenvalue weighted by atomic mass is 10.2. The first kappa shape index (κ1) is 17.1. The van der Waals surface area contributed by atoms with E-state index in [4.69, 9.17) is 18.9 Å². The van der Waals surface area contributed by atoms with Crippen LogP contribution < -0.4 is 10.6 Å². The minimum atomic E-state index is -0.728. The van der Waals surface area contributed by atoms with E-state index in [1.54, 1.807) is 0 Å². The fraction of sp³-hybridized carbons (Fsp3) is 0.857. The number of hydrogen-bond donors (Lipinski definition) is 2. The first-order valence-corrected chi connectivity index (χ1v) is 7.52. The third-order valence-corrected chi connectivity index (χ3v) is 3.93. The van der Waals surface area contributed by atoms with Gasteiger partial charge in [0.1, 0.15) is 6.10 Å².